The molecule has 0 atom stereocenters. The van der Waals surface area contributed by atoms with Crippen molar-refractivity contribution in [2.24, 2.45) is 0 Å². The minimum atomic E-state index is -0.318. The van der Waals surface area contributed by atoms with E-state index in [2.05, 4.69) is 15.5 Å². The first-order valence-corrected chi connectivity index (χ1v) is 5.40. The standard InChI is InChI=1S/C12H13N3O3/c1-8-6-10(18-15-8)11(16)14-7-9-4-3-5-13-12(9)17-2/h3-6H,7H2,1-2H3,(H,14,16). The van der Waals surface area contributed by atoms with Gasteiger partial charge in [0.15, 0.2) is 0 Å². The number of nitrogens with zero attached hydrogens (tertiary/aromatic N) is 2. The number of aromatic nitrogens is 2. The highest BCUT2D eigenvalue weighted by Gasteiger charge is 2.12. The van der Waals surface area contributed by atoms with E-state index >= 15 is 0 Å². The van der Waals surface area contributed by atoms with Gasteiger partial charge in [-0.2, -0.15) is 0 Å². The molecular weight excluding hydrogens is 234 g/mol. The molecule has 0 spiro atoms. The molecule has 0 radical (unpaired) electrons. The molecule has 2 aromatic rings. The summed E-state index contributed by atoms with van der Waals surface area (Å²) in [5, 5.41) is 6.36. The number of amides is 1. The Kier molecular flexibility index (Phi) is 3.57. The first-order valence-electron chi connectivity index (χ1n) is 5.40. The Morgan fingerprint density at radius 3 is 3.06 bits per heavy atom. The Balaban J connectivity index is 2.01. The molecule has 6 heteroatoms. The summed E-state index contributed by atoms with van der Waals surface area (Å²) >= 11 is 0. The Bertz CT molecular complexity index is 551. The van der Waals surface area contributed by atoms with Crippen LogP contribution in [-0.2, 0) is 6.54 Å². The van der Waals surface area contributed by atoms with Crippen molar-refractivity contribution in [1.29, 1.82) is 0 Å². The van der Waals surface area contributed by atoms with E-state index in [1.54, 1.807) is 25.3 Å². The van der Waals surface area contributed by atoms with Gasteiger partial charge in [-0.15, -0.1) is 0 Å². The Morgan fingerprint density at radius 2 is 2.39 bits per heavy atom. The fourth-order valence-corrected chi connectivity index (χ4v) is 1.48. The summed E-state index contributed by atoms with van der Waals surface area (Å²) in [7, 11) is 1.54. The number of carbonyl (C=O) groups is 1. The molecule has 2 rings (SSSR count). The van der Waals surface area contributed by atoms with Gasteiger partial charge in [0.05, 0.1) is 12.8 Å². The lowest BCUT2D eigenvalue weighted by molar-refractivity contribution is 0.0913. The summed E-state index contributed by atoms with van der Waals surface area (Å²) in [6.45, 7) is 2.07. The maximum absolute atomic E-state index is 11.7. The second-order valence-electron chi connectivity index (χ2n) is 3.69. The normalized spacial score (nSPS) is 10.1. The van der Waals surface area contributed by atoms with Crippen LogP contribution in [0, 0.1) is 6.92 Å². The zero-order chi connectivity index (χ0) is 13.0. The lowest BCUT2D eigenvalue weighted by Crippen LogP contribution is -2.22. The molecule has 0 aliphatic rings. The highest BCUT2D eigenvalue weighted by molar-refractivity contribution is 5.91. The number of carbonyl (C=O) groups excluding carboxylic acids is 1. The second-order valence-corrected chi connectivity index (χ2v) is 3.69. The van der Waals surface area contributed by atoms with Crippen LogP contribution < -0.4 is 10.1 Å². The van der Waals surface area contributed by atoms with Gasteiger partial charge in [-0.1, -0.05) is 11.2 Å². The van der Waals surface area contributed by atoms with Crippen LogP contribution in [0.1, 0.15) is 21.8 Å². The number of pyridine rings is 1. The van der Waals surface area contributed by atoms with Crippen molar-refractivity contribution in [1.82, 2.24) is 15.5 Å². The van der Waals surface area contributed by atoms with Gasteiger partial charge in [-0.05, 0) is 13.0 Å². The van der Waals surface area contributed by atoms with Gasteiger partial charge < -0.3 is 14.6 Å². The summed E-state index contributed by atoms with van der Waals surface area (Å²) < 4.78 is 9.95. The van der Waals surface area contributed by atoms with Crippen LogP contribution in [-0.4, -0.2) is 23.2 Å². The van der Waals surface area contributed by atoms with Crippen molar-refractivity contribution in [3.63, 3.8) is 0 Å². The van der Waals surface area contributed by atoms with E-state index in [4.69, 9.17) is 9.26 Å². The van der Waals surface area contributed by atoms with Crippen LogP contribution in [0.25, 0.3) is 0 Å². The van der Waals surface area contributed by atoms with E-state index in [1.165, 1.54) is 7.11 Å². The SMILES string of the molecule is COc1ncccc1CNC(=O)c1cc(C)no1. The summed E-state index contributed by atoms with van der Waals surface area (Å²) in [5.74, 6) is 0.364. The van der Waals surface area contributed by atoms with Crippen molar-refractivity contribution in [2.45, 2.75) is 13.5 Å². The summed E-state index contributed by atoms with van der Waals surface area (Å²) in [6, 6.07) is 5.19. The quantitative estimate of drug-likeness (QED) is 0.881. The minimum Gasteiger partial charge on any atom is -0.481 e. The summed E-state index contributed by atoms with van der Waals surface area (Å²) in [4.78, 5) is 15.8. The van der Waals surface area contributed by atoms with E-state index in [1.807, 2.05) is 6.07 Å². The monoisotopic (exact) mass is 247 g/mol. The van der Waals surface area contributed by atoms with Gasteiger partial charge in [0.2, 0.25) is 11.6 Å². The number of ether oxygens (including phenoxy) is 1. The smallest absolute Gasteiger partial charge is 0.290 e. The molecule has 0 unspecified atom stereocenters. The predicted molar refractivity (Wildman–Crippen MR) is 63.2 cm³/mol. The molecule has 0 saturated heterocycles. The first kappa shape index (κ1) is 12.1. The predicted octanol–water partition coefficient (Wildman–Crippen LogP) is 1.32. The zero-order valence-electron chi connectivity index (χ0n) is 10.1. The molecule has 2 aromatic heterocycles. The lowest BCUT2D eigenvalue weighted by atomic mass is 10.2. The fraction of sp³-hybridized carbons (Fsp3) is 0.250. The average Bonchev–Trinajstić information content (AvgIpc) is 2.83. The highest BCUT2D eigenvalue weighted by Crippen LogP contribution is 2.13. The molecule has 1 amide bonds. The maximum atomic E-state index is 11.7. The topological polar surface area (TPSA) is 77.2 Å². The summed E-state index contributed by atoms with van der Waals surface area (Å²) in [6.07, 6.45) is 1.63. The molecular formula is C12H13N3O3. The van der Waals surface area contributed by atoms with Crippen molar-refractivity contribution in [3.8, 4) is 5.88 Å². The highest BCUT2D eigenvalue weighted by atomic mass is 16.5. The molecule has 0 aromatic carbocycles. The lowest BCUT2D eigenvalue weighted by Gasteiger charge is -2.07. The molecule has 0 aliphatic heterocycles. The Hall–Kier alpha value is -2.37. The summed E-state index contributed by atoms with van der Waals surface area (Å²) in [5.41, 5.74) is 1.46. The molecule has 0 aliphatic carbocycles. The number of nitrogens with one attached hydrogen (secondary N) is 1. The van der Waals surface area contributed by atoms with Crippen molar-refractivity contribution in [2.75, 3.05) is 7.11 Å². The third kappa shape index (κ3) is 2.65. The van der Waals surface area contributed by atoms with Gasteiger partial charge in [-0.3, -0.25) is 4.79 Å². The van der Waals surface area contributed by atoms with Crippen molar-refractivity contribution in [3.05, 3.63) is 41.4 Å². The van der Waals surface area contributed by atoms with E-state index < -0.39 is 0 Å². The van der Waals surface area contributed by atoms with Crippen LogP contribution in [0.5, 0.6) is 5.88 Å². The Morgan fingerprint density at radius 1 is 1.56 bits per heavy atom. The maximum Gasteiger partial charge on any atom is 0.290 e. The number of aryl methyl sites for hydroxylation is 1. The van der Waals surface area contributed by atoms with Crippen LogP contribution in [0.4, 0.5) is 0 Å². The van der Waals surface area contributed by atoms with E-state index in [-0.39, 0.29) is 11.7 Å². The van der Waals surface area contributed by atoms with E-state index in [0.29, 0.717) is 18.1 Å². The van der Waals surface area contributed by atoms with Crippen molar-refractivity contribution < 1.29 is 14.1 Å². The Labute approximate surface area is 104 Å². The zero-order valence-corrected chi connectivity index (χ0v) is 10.1. The van der Waals surface area contributed by atoms with Gasteiger partial charge >= 0.3 is 0 Å². The fourth-order valence-electron chi connectivity index (χ4n) is 1.48. The van der Waals surface area contributed by atoms with Gasteiger partial charge in [0.25, 0.3) is 5.91 Å². The van der Waals surface area contributed by atoms with E-state index in [9.17, 15) is 4.79 Å². The molecule has 0 saturated carbocycles. The van der Waals surface area contributed by atoms with Gasteiger partial charge in [0, 0.05) is 24.4 Å². The number of rotatable bonds is 4. The van der Waals surface area contributed by atoms with Crippen LogP contribution in [0.15, 0.2) is 28.9 Å². The number of methoxy groups -OCH3 is 1. The molecule has 2 heterocycles. The minimum absolute atomic E-state index is 0.190. The third-order valence-electron chi connectivity index (χ3n) is 2.33. The molecule has 94 valence electrons. The largest absolute Gasteiger partial charge is 0.481 e. The molecule has 0 bridgehead atoms. The van der Waals surface area contributed by atoms with E-state index in [0.717, 1.165) is 5.56 Å². The van der Waals surface area contributed by atoms with Gasteiger partial charge in [0.1, 0.15) is 0 Å². The van der Waals surface area contributed by atoms with Gasteiger partial charge in [-0.25, -0.2) is 4.98 Å². The molecule has 1 N–H and O–H groups in total. The third-order valence-corrected chi connectivity index (χ3v) is 2.33. The molecule has 0 fully saturated rings. The number of hydrogen-bond donors (Lipinski definition) is 1. The number of hydrogen-bond acceptors (Lipinski definition) is 5. The first-order chi connectivity index (χ1) is 8.70. The molecule has 18 heavy (non-hydrogen) atoms. The second kappa shape index (κ2) is 5.31. The van der Waals surface area contributed by atoms with Crippen molar-refractivity contribution >= 4 is 5.91 Å². The van der Waals surface area contributed by atoms with Crippen LogP contribution in [0.2, 0.25) is 0 Å². The van der Waals surface area contributed by atoms with Crippen LogP contribution >= 0.6 is 0 Å². The van der Waals surface area contributed by atoms with Crippen LogP contribution in [0.3, 0.4) is 0 Å². The molecule has 6 nitrogen and oxygen atoms in total. The average molecular weight is 247 g/mol.